The smallest absolute Gasteiger partial charge is 0.0210 e. The van der Waals surface area contributed by atoms with Crippen LogP contribution in [0.5, 0.6) is 0 Å². The van der Waals surface area contributed by atoms with Crippen LogP contribution in [0.25, 0.3) is 5.57 Å². The van der Waals surface area contributed by atoms with Crippen molar-refractivity contribution in [2.24, 2.45) is 0 Å². The molecule has 0 aliphatic rings. The highest BCUT2D eigenvalue weighted by molar-refractivity contribution is 5.64. The van der Waals surface area contributed by atoms with Crippen LogP contribution in [0.4, 0.5) is 0 Å². The average Bonchev–Trinajstić information content (AvgIpc) is 2.14. The zero-order valence-corrected chi connectivity index (χ0v) is 9.30. The van der Waals surface area contributed by atoms with E-state index in [-0.39, 0.29) is 5.54 Å². The Balaban J connectivity index is 2.52. The SMILES string of the molecule is C=C(CNC(C)(C)C)c1ccccc1. The van der Waals surface area contributed by atoms with Gasteiger partial charge in [-0.3, -0.25) is 0 Å². The number of hydrogen-bond acceptors (Lipinski definition) is 1. The molecule has 0 saturated heterocycles. The van der Waals surface area contributed by atoms with Gasteiger partial charge in [0.2, 0.25) is 0 Å². The summed E-state index contributed by atoms with van der Waals surface area (Å²) in [5, 5.41) is 3.42. The summed E-state index contributed by atoms with van der Waals surface area (Å²) in [6, 6.07) is 10.3. The Morgan fingerprint density at radius 3 is 2.29 bits per heavy atom. The fourth-order valence-electron chi connectivity index (χ4n) is 1.15. The van der Waals surface area contributed by atoms with E-state index in [0.29, 0.717) is 0 Å². The van der Waals surface area contributed by atoms with Crippen molar-refractivity contribution in [1.82, 2.24) is 5.32 Å². The van der Waals surface area contributed by atoms with Crippen molar-refractivity contribution >= 4 is 5.57 Å². The number of benzene rings is 1. The van der Waals surface area contributed by atoms with Gasteiger partial charge in [0.25, 0.3) is 0 Å². The van der Waals surface area contributed by atoms with Crippen LogP contribution in [0.2, 0.25) is 0 Å². The molecular formula is C13H19N. The van der Waals surface area contributed by atoms with E-state index in [9.17, 15) is 0 Å². The summed E-state index contributed by atoms with van der Waals surface area (Å²) in [5.74, 6) is 0. The molecule has 0 unspecified atom stereocenters. The summed E-state index contributed by atoms with van der Waals surface area (Å²) >= 11 is 0. The van der Waals surface area contributed by atoms with Crippen LogP contribution in [-0.2, 0) is 0 Å². The van der Waals surface area contributed by atoms with Crippen LogP contribution in [0.15, 0.2) is 36.9 Å². The van der Waals surface area contributed by atoms with E-state index < -0.39 is 0 Å². The third kappa shape index (κ3) is 3.75. The second-order valence-corrected chi connectivity index (χ2v) is 4.57. The standard InChI is InChI=1S/C13H19N/c1-11(10-14-13(2,3)4)12-8-6-5-7-9-12/h5-9,14H,1,10H2,2-4H3. The minimum Gasteiger partial charge on any atom is -0.308 e. The zero-order chi connectivity index (χ0) is 10.6. The van der Waals surface area contributed by atoms with E-state index in [4.69, 9.17) is 0 Å². The lowest BCUT2D eigenvalue weighted by molar-refractivity contribution is 0.452. The lowest BCUT2D eigenvalue weighted by Crippen LogP contribution is -2.36. The van der Waals surface area contributed by atoms with Gasteiger partial charge >= 0.3 is 0 Å². The van der Waals surface area contributed by atoms with E-state index in [0.717, 1.165) is 12.1 Å². The van der Waals surface area contributed by atoms with Crippen LogP contribution in [0.1, 0.15) is 26.3 Å². The van der Waals surface area contributed by atoms with Crippen molar-refractivity contribution < 1.29 is 0 Å². The van der Waals surface area contributed by atoms with Gasteiger partial charge in [-0.05, 0) is 31.9 Å². The summed E-state index contributed by atoms with van der Waals surface area (Å²) in [7, 11) is 0. The minimum atomic E-state index is 0.151. The molecule has 1 heteroatoms. The third-order valence-corrected chi connectivity index (χ3v) is 2.01. The summed E-state index contributed by atoms with van der Waals surface area (Å²) in [6.45, 7) is 11.4. The predicted octanol–water partition coefficient (Wildman–Crippen LogP) is 3.09. The first-order valence-corrected chi connectivity index (χ1v) is 4.97. The van der Waals surface area contributed by atoms with Crippen molar-refractivity contribution in [1.29, 1.82) is 0 Å². The third-order valence-electron chi connectivity index (χ3n) is 2.01. The van der Waals surface area contributed by atoms with Gasteiger partial charge < -0.3 is 5.32 Å². The fraction of sp³-hybridized carbons (Fsp3) is 0.385. The monoisotopic (exact) mass is 189 g/mol. The van der Waals surface area contributed by atoms with Gasteiger partial charge in [-0.25, -0.2) is 0 Å². The van der Waals surface area contributed by atoms with Crippen molar-refractivity contribution in [3.63, 3.8) is 0 Å². The lowest BCUT2D eigenvalue weighted by atomic mass is 10.1. The van der Waals surface area contributed by atoms with Crippen molar-refractivity contribution in [3.05, 3.63) is 42.5 Å². The molecule has 0 aliphatic carbocycles. The summed E-state index contributed by atoms with van der Waals surface area (Å²) < 4.78 is 0. The van der Waals surface area contributed by atoms with E-state index in [2.05, 4.69) is 44.8 Å². The Kier molecular flexibility index (Phi) is 3.48. The summed E-state index contributed by atoms with van der Waals surface area (Å²) in [6.07, 6.45) is 0. The molecule has 14 heavy (non-hydrogen) atoms. The van der Waals surface area contributed by atoms with Gasteiger partial charge in [0.15, 0.2) is 0 Å². The summed E-state index contributed by atoms with van der Waals surface area (Å²) in [4.78, 5) is 0. The molecular weight excluding hydrogens is 170 g/mol. The molecule has 0 amide bonds. The molecule has 1 nitrogen and oxygen atoms in total. The molecule has 1 N–H and O–H groups in total. The first-order chi connectivity index (χ1) is 6.49. The van der Waals surface area contributed by atoms with Gasteiger partial charge in [0.05, 0.1) is 0 Å². The van der Waals surface area contributed by atoms with Crippen molar-refractivity contribution in [2.75, 3.05) is 6.54 Å². The largest absolute Gasteiger partial charge is 0.308 e. The summed E-state index contributed by atoms with van der Waals surface area (Å²) in [5.41, 5.74) is 2.50. The average molecular weight is 189 g/mol. The minimum absolute atomic E-state index is 0.151. The Hall–Kier alpha value is -1.08. The topological polar surface area (TPSA) is 12.0 Å². The van der Waals surface area contributed by atoms with Crippen LogP contribution < -0.4 is 5.32 Å². The quantitative estimate of drug-likeness (QED) is 0.770. The lowest BCUT2D eigenvalue weighted by Gasteiger charge is -2.21. The highest BCUT2D eigenvalue weighted by atomic mass is 14.9. The molecule has 0 aliphatic heterocycles. The van der Waals surface area contributed by atoms with Gasteiger partial charge in [0, 0.05) is 12.1 Å². The molecule has 1 rings (SSSR count). The maximum absolute atomic E-state index is 4.07. The molecule has 76 valence electrons. The molecule has 1 aromatic rings. The number of nitrogens with one attached hydrogen (secondary N) is 1. The maximum Gasteiger partial charge on any atom is 0.0210 e. The molecule has 0 heterocycles. The van der Waals surface area contributed by atoms with Gasteiger partial charge in [-0.15, -0.1) is 0 Å². The molecule has 0 atom stereocenters. The molecule has 0 spiro atoms. The van der Waals surface area contributed by atoms with Crippen molar-refractivity contribution in [2.45, 2.75) is 26.3 Å². The highest BCUT2D eigenvalue weighted by Gasteiger charge is 2.08. The molecule has 0 aromatic heterocycles. The second-order valence-electron chi connectivity index (χ2n) is 4.57. The maximum atomic E-state index is 4.07. The number of hydrogen-bond donors (Lipinski definition) is 1. The van der Waals surface area contributed by atoms with Gasteiger partial charge in [-0.1, -0.05) is 36.9 Å². The Labute approximate surface area is 86.8 Å². The first kappa shape index (κ1) is 11.0. The molecule has 0 radical (unpaired) electrons. The predicted molar refractivity (Wildman–Crippen MR) is 63.2 cm³/mol. The van der Waals surface area contributed by atoms with Crippen LogP contribution in [0, 0.1) is 0 Å². The molecule has 0 fully saturated rings. The van der Waals surface area contributed by atoms with Crippen LogP contribution in [-0.4, -0.2) is 12.1 Å². The fourth-order valence-corrected chi connectivity index (χ4v) is 1.15. The van der Waals surface area contributed by atoms with E-state index >= 15 is 0 Å². The first-order valence-electron chi connectivity index (χ1n) is 4.97. The zero-order valence-electron chi connectivity index (χ0n) is 9.30. The van der Waals surface area contributed by atoms with Crippen molar-refractivity contribution in [3.8, 4) is 0 Å². The van der Waals surface area contributed by atoms with Crippen LogP contribution in [0.3, 0.4) is 0 Å². The van der Waals surface area contributed by atoms with Gasteiger partial charge in [-0.2, -0.15) is 0 Å². The number of rotatable bonds is 3. The molecule has 0 bridgehead atoms. The normalized spacial score (nSPS) is 11.4. The molecule has 0 saturated carbocycles. The second kappa shape index (κ2) is 4.43. The Bertz CT molecular complexity index is 293. The Morgan fingerprint density at radius 2 is 1.79 bits per heavy atom. The highest BCUT2D eigenvalue weighted by Crippen LogP contribution is 2.11. The molecule has 1 aromatic carbocycles. The van der Waals surface area contributed by atoms with E-state index in [1.54, 1.807) is 0 Å². The van der Waals surface area contributed by atoms with Gasteiger partial charge in [0.1, 0.15) is 0 Å². The van der Waals surface area contributed by atoms with Crippen LogP contribution >= 0.6 is 0 Å². The Morgan fingerprint density at radius 1 is 1.21 bits per heavy atom. The van der Waals surface area contributed by atoms with E-state index in [1.807, 2.05) is 18.2 Å². The van der Waals surface area contributed by atoms with E-state index in [1.165, 1.54) is 5.56 Å².